The number of aliphatic hydroxyl groups is 6. The van der Waals surface area contributed by atoms with E-state index in [1.165, 1.54) is 27.7 Å². The average Bonchev–Trinajstić information content (AvgIpc) is 2.67. The van der Waals surface area contributed by atoms with Gasteiger partial charge in [0.2, 0.25) is 5.79 Å². The van der Waals surface area contributed by atoms with Crippen LogP contribution in [0.2, 0.25) is 0 Å². The van der Waals surface area contributed by atoms with Crippen molar-refractivity contribution in [2.75, 3.05) is 19.8 Å². The predicted octanol–water partition coefficient (Wildman–Crippen LogP) is -1.05. The Morgan fingerprint density at radius 2 is 0.935 bits per heavy atom. The summed E-state index contributed by atoms with van der Waals surface area (Å²) in [6.45, 7) is 12.6. The van der Waals surface area contributed by atoms with Gasteiger partial charge in [-0.1, -0.05) is 19.7 Å². The number of carboxylic acids is 3. The molecule has 12 heteroatoms. The van der Waals surface area contributed by atoms with Crippen LogP contribution in [0, 0.1) is 5.41 Å². The lowest BCUT2D eigenvalue weighted by atomic mass is 9.79. The van der Waals surface area contributed by atoms with Crippen LogP contribution >= 0.6 is 0 Å². The number of hydrogen-bond acceptors (Lipinski definition) is 9. The normalized spacial score (nSPS) is 11.0. The lowest BCUT2D eigenvalue weighted by Crippen LogP contribution is -2.59. The average molecular weight is 454 g/mol. The van der Waals surface area contributed by atoms with Gasteiger partial charge in [0.15, 0.2) is 0 Å². The molecule has 0 aromatic carbocycles. The van der Waals surface area contributed by atoms with E-state index in [1.54, 1.807) is 0 Å². The Kier molecular flexibility index (Phi) is 19.8. The van der Waals surface area contributed by atoms with Gasteiger partial charge in [0.1, 0.15) is 6.10 Å². The first-order chi connectivity index (χ1) is 13.8. The van der Waals surface area contributed by atoms with E-state index in [4.69, 9.17) is 35.7 Å². The maximum absolute atomic E-state index is 9.60. The standard InChI is InChI=1S/C7H16O6.3C4H6O2/c1-6(3-9,4-10)7(12,13)5(11)2-8;3*1-3(2)4(5)6/h5,8-13H,2-4H2,1H3;3*1H2,2H3,(H,5,6). The largest absolute Gasteiger partial charge is 0.478 e. The highest BCUT2D eigenvalue weighted by Gasteiger charge is 2.50. The van der Waals surface area contributed by atoms with Crippen LogP contribution in [0.4, 0.5) is 0 Å². The summed E-state index contributed by atoms with van der Waals surface area (Å²) in [7, 11) is 0. The van der Waals surface area contributed by atoms with Crippen molar-refractivity contribution >= 4 is 17.9 Å². The third-order valence-electron chi connectivity index (χ3n) is 3.32. The van der Waals surface area contributed by atoms with Gasteiger partial charge in [-0.2, -0.15) is 0 Å². The van der Waals surface area contributed by atoms with Gasteiger partial charge < -0.3 is 46.0 Å². The fraction of sp³-hybridized carbons (Fsp3) is 0.526. The summed E-state index contributed by atoms with van der Waals surface area (Å²) in [4.78, 5) is 28.8. The molecule has 1 atom stereocenters. The van der Waals surface area contributed by atoms with Gasteiger partial charge in [0, 0.05) is 16.7 Å². The molecule has 0 amide bonds. The van der Waals surface area contributed by atoms with Crippen LogP contribution in [-0.2, 0) is 14.4 Å². The molecule has 0 aliphatic rings. The van der Waals surface area contributed by atoms with Crippen molar-refractivity contribution in [1.29, 1.82) is 0 Å². The van der Waals surface area contributed by atoms with Gasteiger partial charge in [0.25, 0.3) is 0 Å². The molecule has 0 rings (SSSR count). The Balaban J connectivity index is -0.000000171. The second-order valence-electron chi connectivity index (χ2n) is 6.56. The summed E-state index contributed by atoms with van der Waals surface area (Å²) in [6.07, 6.45) is -1.84. The highest BCUT2D eigenvalue weighted by atomic mass is 16.5. The van der Waals surface area contributed by atoms with Crippen LogP contribution in [0.25, 0.3) is 0 Å². The lowest BCUT2D eigenvalue weighted by Gasteiger charge is -2.40. The lowest BCUT2D eigenvalue weighted by molar-refractivity contribution is -0.306. The summed E-state index contributed by atoms with van der Waals surface area (Å²) in [5, 5.41) is 77.4. The van der Waals surface area contributed by atoms with Crippen molar-refractivity contribution in [2.45, 2.75) is 39.6 Å². The van der Waals surface area contributed by atoms with Gasteiger partial charge in [0.05, 0.1) is 25.2 Å². The fourth-order valence-electron chi connectivity index (χ4n) is 0.812. The number of aliphatic hydroxyl groups excluding tert-OH is 4. The second kappa shape index (κ2) is 17.1. The molecule has 1 unspecified atom stereocenters. The summed E-state index contributed by atoms with van der Waals surface area (Å²) in [5.41, 5.74) is -1.16. The van der Waals surface area contributed by atoms with Crippen LogP contribution in [-0.4, -0.2) is 95.6 Å². The maximum atomic E-state index is 9.60. The molecule has 0 spiro atoms. The Hall–Kier alpha value is -2.61. The van der Waals surface area contributed by atoms with Gasteiger partial charge >= 0.3 is 17.9 Å². The summed E-state index contributed by atoms with van der Waals surface area (Å²) in [6, 6.07) is 0. The molecule has 0 saturated carbocycles. The van der Waals surface area contributed by atoms with Crippen molar-refractivity contribution in [1.82, 2.24) is 0 Å². The quantitative estimate of drug-likeness (QED) is 0.158. The Morgan fingerprint density at radius 3 is 1.03 bits per heavy atom. The van der Waals surface area contributed by atoms with E-state index in [-0.39, 0.29) is 16.7 Å². The molecule has 0 aromatic rings. The fourth-order valence-corrected chi connectivity index (χ4v) is 0.812. The van der Waals surface area contributed by atoms with Gasteiger partial charge in [-0.3, -0.25) is 0 Å². The maximum Gasteiger partial charge on any atom is 0.330 e. The first kappa shape index (κ1) is 35.8. The molecular weight excluding hydrogens is 420 g/mol. The molecule has 0 heterocycles. The first-order valence-electron chi connectivity index (χ1n) is 8.40. The zero-order valence-electron chi connectivity index (χ0n) is 18.1. The van der Waals surface area contributed by atoms with Crippen molar-refractivity contribution in [3.8, 4) is 0 Å². The zero-order chi connectivity index (χ0) is 26.2. The molecular formula is C19H34O12. The van der Waals surface area contributed by atoms with Crippen molar-refractivity contribution < 1.29 is 60.3 Å². The van der Waals surface area contributed by atoms with E-state index >= 15 is 0 Å². The molecule has 0 fully saturated rings. The molecule has 0 aliphatic heterocycles. The zero-order valence-corrected chi connectivity index (χ0v) is 18.1. The Labute approximate surface area is 180 Å². The Morgan fingerprint density at radius 1 is 0.742 bits per heavy atom. The van der Waals surface area contributed by atoms with Gasteiger partial charge in [-0.15, -0.1) is 0 Å². The number of rotatable bonds is 8. The first-order valence-corrected chi connectivity index (χ1v) is 8.40. The van der Waals surface area contributed by atoms with Crippen molar-refractivity contribution in [3.05, 3.63) is 36.5 Å². The second-order valence-corrected chi connectivity index (χ2v) is 6.56. The summed E-state index contributed by atoms with van der Waals surface area (Å²) in [5.74, 6) is -5.54. The molecule has 0 bridgehead atoms. The van der Waals surface area contributed by atoms with Gasteiger partial charge in [-0.05, 0) is 27.7 Å². The number of carboxylic acid groups (broad SMARTS) is 3. The smallest absolute Gasteiger partial charge is 0.330 e. The van der Waals surface area contributed by atoms with E-state index in [1.807, 2.05) is 0 Å². The minimum Gasteiger partial charge on any atom is -0.478 e. The number of hydrogen-bond donors (Lipinski definition) is 9. The molecule has 0 aliphatic carbocycles. The van der Waals surface area contributed by atoms with E-state index in [0.717, 1.165) is 0 Å². The molecule has 9 N–H and O–H groups in total. The topological polar surface area (TPSA) is 233 Å². The minimum atomic E-state index is -2.73. The highest BCUT2D eigenvalue weighted by molar-refractivity contribution is 5.85. The van der Waals surface area contributed by atoms with Crippen LogP contribution < -0.4 is 0 Å². The molecule has 31 heavy (non-hydrogen) atoms. The SMILES string of the molecule is C=C(C)C(=O)O.C=C(C)C(=O)O.C=C(C)C(=O)O.CC(CO)(CO)C(O)(O)C(O)CO. The van der Waals surface area contributed by atoms with Gasteiger partial charge in [-0.25, -0.2) is 14.4 Å². The van der Waals surface area contributed by atoms with Crippen LogP contribution in [0.1, 0.15) is 27.7 Å². The van der Waals surface area contributed by atoms with E-state index in [2.05, 4.69) is 19.7 Å². The number of carbonyl (C=O) groups is 3. The third kappa shape index (κ3) is 16.8. The Bertz CT molecular complexity index is 524. The highest BCUT2D eigenvalue weighted by Crippen LogP contribution is 2.31. The summed E-state index contributed by atoms with van der Waals surface area (Å²) >= 11 is 0. The molecule has 0 saturated heterocycles. The molecule has 0 radical (unpaired) electrons. The molecule has 0 aromatic heterocycles. The molecule has 12 nitrogen and oxygen atoms in total. The van der Waals surface area contributed by atoms with Crippen molar-refractivity contribution in [2.24, 2.45) is 5.41 Å². The minimum absolute atomic E-state index is 0.176. The predicted molar refractivity (Wildman–Crippen MR) is 110 cm³/mol. The monoisotopic (exact) mass is 454 g/mol. The van der Waals surface area contributed by atoms with Crippen molar-refractivity contribution in [3.63, 3.8) is 0 Å². The van der Waals surface area contributed by atoms with E-state index < -0.39 is 55.0 Å². The summed E-state index contributed by atoms with van der Waals surface area (Å²) < 4.78 is 0. The van der Waals surface area contributed by atoms with E-state index in [9.17, 15) is 24.6 Å². The van der Waals surface area contributed by atoms with E-state index in [0.29, 0.717) is 0 Å². The third-order valence-corrected chi connectivity index (χ3v) is 3.32. The van der Waals surface area contributed by atoms with Crippen LogP contribution in [0.5, 0.6) is 0 Å². The van der Waals surface area contributed by atoms with Crippen LogP contribution in [0.3, 0.4) is 0 Å². The molecule has 182 valence electrons. The number of aliphatic carboxylic acids is 3. The van der Waals surface area contributed by atoms with Crippen LogP contribution in [0.15, 0.2) is 36.5 Å².